The van der Waals surface area contributed by atoms with Gasteiger partial charge in [0.25, 0.3) is 0 Å². The molecule has 0 aliphatic rings. The van der Waals surface area contributed by atoms with Crippen LogP contribution in [0.3, 0.4) is 0 Å². The third-order valence-corrected chi connectivity index (χ3v) is 0.766. The zero-order valence-electron chi connectivity index (χ0n) is 4.66. The Hall–Kier alpha value is 1.34. The molecular weight excluding hydrogens is 247 g/mol. The Kier molecular flexibility index (Phi) is 10.7. The Labute approximate surface area is 111 Å². The van der Waals surface area contributed by atoms with Gasteiger partial charge in [0.2, 0.25) is 0 Å². The van der Waals surface area contributed by atoms with Gasteiger partial charge in [-0.3, -0.25) is 9.11 Å². The van der Waals surface area contributed by atoms with Gasteiger partial charge in [-0.15, -0.1) is 0 Å². The van der Waals surface area contributed by atoms with Gasteiger partial charge in [-0.2, -0.15) is 16.8 Å². The van der Waals surface area contributed by atoms with Crippen LogP contribution in [-0.2, 0) is 29.5 Å². The van der Waals surface area contributed by atoms with Crippen molar-refractivity contribution in [1.82, 2.24) is 0 Å². The van der Waals surface area contributed by atoms with Gasteiger partial charge in [-0.25, -0.2) is 0 Å². The van der Waals surface area contributed by atoms with Crippen LogP contribution >= 0.6 is 0 Å². The number of rotatable bonds is 3. The van der Waals surface area contributed by atoms with E-state index in [1.165, 1.54) is 0 Å². The molecule has 0 rings (SSSR count). The predicted molar refractivity (Wildman–Crippen MR) is 36.0 cm³/mol. The zero-order chi connectivity index (χ0) is 8.41. The summed E-state index contributed by atoms with van der Waals surface area (Å²) in [6, 6.07) is 0. The monoisotopic (exact) mass is 252 g/mol. The van der Waals surface area contributed by atoms with Gasteiger partial charge in [0, 0.05) is 0 Å². The van der Waals surface area contributed by atoms with E-state index in [9.17, 15) is 16.8 Å². The van der Waals surface area contributed by atoms with Crippen molar-refractivity contribution in [3.63, 3.8) is 0 Å². The summed E-state index contributed by atoms with van der Waals surface area (Å²) in [6.45, 7) is 0. The quantitative estimate of drug-likeness (QED) is 0.233. The predicted octanol–water partition coefficient (Wildman–Crippen LogP) is -2.93. The van der Waals surface area contributed by atoms with Crippen LogP contribution in [0.1, 0.15) is 0 Å². The van der Waals surface area contributed by atoms with Crippen LogP contribution in [0.2, 0.25) is 0 Å². The first-order chi connectivity index (χ1) is 4.21. The molecule has 0 saturated heterocycles. The Morgan fingerprint density at radius 2 is 1.00 bits per heavy atom. The van der Waals surface area contributed by atoms with E-state index in [0.29, 0.717) is 0 Å². The topological polar surface area (TPSA) is 159 Å². The molecule has 0 saturated carbocycles. The van der Waals surface area contributed by atoms with Crippen molar-refractivity contribution in [3.05, 3.63) is 0 Å². The number of hydrogen-bond acceptors (Lipinski definition) is 6. The van der Waals surface area contributed by atoms with Crippen molar-refractivity contribution in [2.24, 2.45) is 0 Å². The molecule has 0 aromatic heterocycles. The van der Waals surface area contributed by atoms with Gasteiger partial charge in [0.1, 0.15) is 0 Å². The minimum atomic E-state index is -5.02. The van der Waals surface area contributed by atoms with Gasteiger partial charge < -0.3 is 5.48 Å². The summed E-state index contributed by atoms with van der Waals surface area (Å²) in [5.41, 5.74) is 0. The first-order valence-corrected chi connectivity index (χ1v) is 4.26. The van der Waals surface area contributed by atoms with Gasteiger partial charge in [0.05, 0.1) is 0 Å². The van der Waals surface area contributed by atoms with E-state index < -0.39 is 20.8 Å². The Morgan fingerprint density at radius 1 is 0.833 bits per heavy atom. The third kappa shape index (κ3) is 17.4. The van der Waals surface area contributed by atoms with Crippen molar-refractivity contribution >= 4 is 72.2 Å². The van der Waals surface area contributed by atoms with Crippen LogP contribution in [0.15, 0.2) is 0 Å². The van der Waals surface area contributed by atoms with Crippen LogP contribution in [-0.4, -0.2) is 82.8 Å². The van der Waals surface area contributed by atoms with Gasteiger partial charge in [-0.05, 0) is 0 Å². The average molecular weight is 252 g/mol. The Balaban J connectivity index is -0.000000405. The van der Waals surface area contributed by atoms with Crippen molar-refractivity contribution in [2.75, 3.05) is 0 Å². The van der Waals surface area contributed by atoms with Crippen molar-refractivity contribution in [2.45, 2.75) is 0 Å². The molecule has 0 spiro atoms. The molecule has 0 heterocycles. The molecule has 0 aliphatic carbocycles. The van der Waals surface area contributed by atoms with Crippen molar-refractivity contribution in [3.8, 4) is 0 Å². The fraction of sp³-hybridized carbons (Fsp3) is 0. The van der Waals surface area contributed by atoms with Gasteiger partial charge in [-0.1, -0.05) is 8.67 Å². The van der Waals surface area contributed by atoms with E-state index >= 15 is 0 Å². The SMILES string of the molecule is O.O=S(=O)(O)OOS(=O)(=O)O.[KH]. The molecule has 12 heteroatoms. The maximum absolute atomic E-state index is 9.51. The first kappa shape index (κ1) is 19.0. The molecular formula is H5KO9S2. The average Bonchev–Trinajstić information content (AvgIpc) is 1.57. The second kappa shape index (κ2) is 6.74. The summed E-state index contributed by atoms with van der Waals surface area (Å²) in [5.74, 6) is 0. The van der Waals surface area contributed by atoms with E-state index in [0.717, 1.165) is 0 Å². The molecule has 0 aliphatic heterocycles. The minimum absolute atomic E-state index is 0. The molecule has 0 bridgehead atoms. The summed E-state index contributed by atoms with van der Waals surface area (Å²) in [6.07, 6.45) is 0. The molecule has 72 valence electrons. The normalized spacial score (nSPS) is 11.2. The molecule has 4 N–H and O–H groups in total. The summed E-state index contributed by atoms with van der Waals surface area (Å²) in [7, 11) is -10.0. The molecule has 0 radical (unpaired) electrons. The number of hydrogen-bond donors (Lipinski definition) is 2. The fourth-order valence-corrected chi connectivity index (χ4v) is 0.632. The second-order valence-electron chi connectivity index (χ2n) is 0.992. The zero-order valence-corrected chi connectivity index (χ0v) is 6.29. The van der Waals surface area contributed by atoms with Gasteiger partial charge in [0.15, 0.2) is 0 Å². The van der Waals surface area contributed by atoms with E-state index in [-0.39, 0.29) is 56.9 Å². The molecule has 0 fully saturated rings. The third-order valence-electron chi connectivity index (χ3n) is 0.200. The van der Waals surface area contributed by atoms with E-state index in [1.807, 2.05) is 0 Å². The maximum atomic E-state index is 9.51. The molecule has 0 unspecified atom stereocenters. The molecule has 0 aromatic rings. The van der Waals surface area contributed by atoms with Crippen molar-refractivity contribution in [1.29, 1.82) is 0 Å². The van der Waals surface area contributed by atoms with Crippen LogP contribution in [0.25, 0.3) is 0 Å². The Morgan fingerprint density at radius 3 is 1.08 bits per heavy atom. The molecule has 12 heavy (non-hydrogen) atoms. The van der Waals surface area contributed by atoms with Crippen LogP contribution in [0.5, 0.6) is 0 Å². The fourth-order valence-electron chi connectivity index (χ4n) is 0.0702. The summed E-state index contributed by atoms with van der Waals surface area (Å²) >= 11 is 0. The summed E-state index contributed by atoms with van der Waals surface area (Å²) in [4.78, 5) is 0. The van der Waals surface area contributed by atoms with E-state index in [2.05, 4.69) is 8.67 Å². The van der Waals surface area contributed by atoms with Gasteiger partial charge >= 0.3 is 72.2 Å². The van der Waals surface area contributed by atoms with Crippen LogP contribution < -0.4 is 0 Å². The van der Waals surface area contributed by atoms with Crippen molar-refractivity contribution < 1.29 is 40.1 Å². The second-order valence-corrected chi connectivity index (χ2v) is 2.97. The summed E-state index contributed by atoms with van der Waals surface area (Å²) < 4.78 is 58.9. The van der Waals surface area contributed by atoms with Crippen LogP contribution in [0, 0.1) is 0 Å². The summed E-state index contributed by atoms with van der Waals surface area (Å²) in [5, 5.41) is 0. The van der Waals surface area contributed by atoms with Crippen LogP contribution in [0.4, 0.5) is 0 Å². The molecule has 0 aromatic carbocycles. The molecule has 0 atom stereocenters. The molecule has 0 amide bonds. The van der Waals surface area contributed by atoms with E-state index in [4.69, 9.17) is 9.11 Å². The van der Waals surface area contributed by atoms with E-state index in [1.54, 1.807) is 0 Å². The Bertz CT molecular complexity index is 248. The first-order valence-electron chi connectivity index (χ1n) is 1.53. The standard InChI is InChI=1S/K.H2O8S2.H2O.H/c;1-9(2,3)7-8-10(4,5)6;;/h;(H,1,2,3)(H,4,5,6);1H2;. The molecule has 9 nitrogen and oxygen atoms in total.